The van der Waals surface area contributed by atoms with Crippen LogP contribution >= 0.6 is 11.3 Å². The number of benzene rings is 1. The summed E-state index contributed by atoms with van der Waals surface area (Å²) in [6.45, 7) is 3.34. The smallest absolute Gasteiger partial charge is 0.189 e. The summed E-state index contributed by atoms with van der Waals surface area (Å²) in [5, 5.41) is 11.0. The highest BCUT2D eigenvalue weighted by Crippen LogP contribution is 2.32. The minimum absolute atomic E-state index is 0.766. The summed E-state index contributed by atoms with van der Waals surface area (Å²) in [5.41, 5.74) is 4.32. The number of aromatic amines is 1. The van der Waals surface area contributed by atoms with Gasteiger partial charge < -0.3 is 15.0 Å². The Balaban J connectivity index is 1.39. The van der Waals surface area contributed by atoms with E-state index in [0.29, 0.717) is 0 Å². The lowest BCUT2D eigenvalue weighted by Gasteiger charge is -2.28. The van der Waals surface area contributed by atoms with E-state index in [2.05, 4.69) is 48.6 Å². The molecule has 1 saturated heterocycles. The highest BCUT2D eigenvalue weighted by atomic mass is 32.1. The van der Waals surface area contributed by atoms with E-state index in [0.717, 1.165) is 64.3 Å². The Labute approximate surface area is 160 Å². The average Bonchev–Trinajstić information content (AvgIpc) is 3.38. The molecule has 2 N–H and O–H groups in total. The Bertz CT molecular complexity index is 1060. The molecule has 8 heteroatoms. The van der Waals surface area contributed by atoms with E-state index in [1.54, 1.807) is 11.3 Å². The molecule has 7 nitrogen and oxygen atoms in total. The fourth-order valence-electron chi connectivity index (χ4n) is 3.18. The summed E-state index contributed by atoms with van der Waals surface area (Å²) in [6, 6.07) is 10.3. The van der Waals surface area contributed by atoms with Gasteiger partial charge in [-0.2, -0.15) is 5.10 Å². The molecule has 1 fully saturated rings. The van der Waals surface area contributed by atoms with Crippen LogP contribution in [-0.2, 0) is 4.74 Å². The van der Waals surface area contributed by atoms with Crippen molar-refractivity contribution in [1.82, 2.24) is 20.2 Å². The van der Waals surface area contributed by atoms with Crippen LogP contribution < -0.4 is 10.2 Å². The Morgan fingerprint density at radius 2 is 2.04 bits per heavy atom. The van der Waals surface area contributed by atoms with E-state index in [4.69, 9.17) is 4.74 Å². The minimum atomic E-state index is 0.766. The third-order valence-electron chi connectivity index (χ3n) is 4.57. The first-order valence-corrected chi connectivity index (χ1v) is 9.62. The summed E-state index contributed by atoms with van der Waals surface area (Å²) in [5.74, 6) is 0.799. The zero-order valence-electron chi connectivity index (χ0n) is 14.6. The van der Waals surface area contributed by atoms with Crippen molar-refractivity contribution in [2.24, 2.45) is 0 Å². The van der Waals surface area contributed by atoms with Gasteiger partial charge in [-0.05, 0) is 23.8 Å². The molecule has 4 heterocycles. The third-order valence-corrected chi connectivity index (χ3v) is 5.51. The lowest BCUT2D eigenvalue weighted by atomic mass is 10.1. The van der Waals surface area contributed by atoms with Crippen molar-refractivity contribution >= 4 is 38.2 Å². The number of fused-ring (bicyclic) bond motifs is 1. The van der Waals surface area contributed by atoms with Gasteiger partial charge in [-0.1, -0.05) is 17.4 Å². The first-order chi connectivity index (χ1) is 13.3. The number of H-pyrrole nitrogens is 1. The number of nitrogens with zero attached hydrogens (tertiary/aromatic N) is 4. The first-order valence-electron chi connectivity index (χ1n) is 8.81. The number of ether oxygens (including phenoxy) is 1. The standard InChI is InChI=1S/C19H18N6OS/c1-2-16-17(9-13(1)14-11-21-22-12-14)27-19(23-16)24-18-10-15(3-4-20-18)25-5-7-26-8-6-25/h1-4,9-12H,5-8H2,(H,21,22)(H,20,23,24). The maximum absolute atomic E-state index is 5.43. The summed E-state index contributed by atoms with van der Waals surface area (Å²) in [6.07, 6.45) is 5.54. The molecule has 1 aliphatic heterocycles. The molecule has 1 aliphatic rings. The molecule has 5 rings (SSSR count). The van der Waals surface area contributed by atoms with Crippen LogP contribution in [-0.4, -0.2) is 46.5 Å². The van der Waals surface area contributed by atoms with Crippen molar-refractivity contribution in [1.29, 1.82) is 0 Å². The topological polar surface area (TPSA) is 79.0 Å². The fourth-order valence-corrected chi connectivity index (χ4v) is 4.09. The zero-order chi connectivity index (χ0) is 18.1. The molecule has 1 aromatic carbocycles. The number of nitrogens with one attached hydrogen (secondary N) is 2. The second kappa shape index (κ2) is 6.98. The normalized spacial score (nSPS) is 14.6. The molecule has 4 aromatic rings. The minimum Gasteiger partial charge on any atom is -0.378 e. The van der Waals surface area contributed by atoms with E-state index in [1.165, 1.54) is 0 Å². The molecular formula is C19H18N6OS. The number of thiazole rings is 1. The Morgan fingerprint density at radius 3 is 2.89 bits per heavy atom. The molecule has 27 heavy (non-hydrogen) atoms. The number of pyridine rings is 1. The van der Waals surface area contributed by atoms with Crippen LogP contribution in [0.1, 0.15) is 0 Å². The predicted octanol–water partition coefficient (Wildman–Crippen LogP) is 3.66. The summed E-state index contributed by atoms with van der Waals surface area (Å²) in [4.78, 5) is 11.4. The Hall–Kier alpha value is -2.97. The molecule has 136 valence electrons. The second-order valence-electron chi connectivity index (χ2n) is 6.31. The van der Waals surface area contributed by atoms with Crippen molar-refractivity contribution in [3.05, 3.63) is 48.9 Å². The van der Waals surface area contributed by atoms with Crippen LogP contribution in [0.4, 0.5) is 16.6 Å². The molecule has 3 aromatic heterocycles. The molecule has 0 amide bonds. The van der Waals surface area contributed by atoms with Gasteiger partial charge in [0, 0.05) is 42.8 Å². The van der Waals surface area contributed by atoms with E-state index in [-0.39, 0.29) is 0 Å². The van der Waals surface area contributed by atoms with E-state index in [9.17, 15) is 0 Å². The van der Waals surface area contributed by atoms with Crippen molar-refractivity contribution in [2.45, 2.75) is 0 Å². The quantitative estimate of drug-likeness (QED) is 0.564. The van der Waals surface area contributed by atoms with Crippen molar-refractivity contribution < 1.29 is 4.74 Å². The molecular weight excluding hydrogens is 360 g/mol. The van der Waals surface area contributed by atoms with Crippen molar-refractivity contribution in [2.75, 3.05) is 36.5 Å². The van der Waals surface area contributed by atoms with Crippen molar-refractivity contribution in [3.8, 4) is 11.1 Å². The van der Waals surface area contributed by atoms with Gasteiger partial charge in [0.2, 0.25) is 0 Å². The molecule has 0 unspecified atom stereocenters. The van der Waals surface area contributed by atoms with Gasteiger partial charge in [0.15, 0.2) is 5.13 Å². The van der Waals surface area contributed by atoms with Gasteiger partial charge >= 0.3 is 0 Å². The molecule has 0 spiro atoms. The maximum atomic E-state index is 5.43. The average molecular weight is 378 g/mol. The number of aromatic nitrogens is 4. The highest BCUT2D eigenvalue weighted by Gasteiger charge is 2.12. The van der Waals surface area contributed by atoms with Crippen LogP contribution in [0, 0.1) is 0 Å². The van der Waals surface area contributed by atoms with Crippen LogP contribution in [0.3, 0.4) is 0 Å². The van der Waals surface area contributed by atoms with Crippen molar-refractivity contribution in [3.63, 3.8) is 0 Å². The van der Waals surface area contributed by atoms with Gasteiger partial charge in [0.1, 0.15) is 5.82 Å². The SMILES string of the molecule is c1cc(N2CCOCC2)cc(Nc2nc3ccc(-c4cn[nH]c4)cc3s2)n1. The molecule has 0 atom stereocenters. The Kier molecular flexibility index (Phi) is 4.19. The maximum Gasteiger partial charge on any atom is 0.189 e. The zero-order valence-corrected chi connectivity index (χ0v) is 15.4. The van der Waals surface area contributed by atoms with Gasteiger partial charge in [-0.3, -0.25) is 5.10 Å². The second-order valence-corrected chi connectivity index (χ2v) is 7.34. The monoisotopic (exact) mass is 378 g/mol. The molecule has 0 radical (unpaired) electrons. The van der Waals surface area contributed by atoms with Gasteiger partial charge in [0.25, 0.3) is 0 Å². The van der Waals surface area contributed by atoms with Gasteiger partial charge in [0.05, 0.1) is 29.6 Å². The van der Waals surface area contributed by atoms with Gasteiger partial charge in [-0.25, -0.2) is 9.97 Å². The first kappa shape index (κ1) is 16.2. The number of rotatable bonds is 4. The number of hydrogen-bond donors (Lipinski definition) is 2. The summed E-state index contributed by atoms with van der Waals surface area (Å²) in [7, 11) is 0. The van der Waals surface area contributed by atoms with E-state index in [1.807, 2.05) is 30.7 Å². The van der Waals surface area contributed by atoms with E-state index >= 15 is 0 Å². The lowest BCUT2D eigenvalue weighted by Crippen LogP contribution is -2.36. The predicted molar refractivity (Wildman–Crippen MR) is 108 cm³/mol. The molecule has 0 bridgehead atoms. The molecule has 0 saturated carbocycles. The number of anilines is 3. The van der Waals surface area contributed by atoms with Crippen LogP contribution in [0.25, 0.3) is 21.3 Å². The largest absolute Gasteiger partial charge is 0.378 e. The number of hydrogen-bond acceptors (Lipinski definition) is 7. The fraction of sp³-hybridized carbons (Fsp3) is 0.211. The summed E-state index contributed by atoms with van der Waals surface area (Å²) >= 11 is 1.62. The number of morpholine rings is 1. The van der Waals surface area contributed by atoms with Crippen LogP contribution in [0.5, 0.6) is 0 Å². The van der Waals surface area contributed by atoms with Crippen LogP contribution in [0.15, 0.2) is 48.9 Å². The Morgan fingerprint density at radius 1 is 1.11 bits per heavy atom. The third kappa shape index (κ3) is 3.36. The van der Waals surface area contributed by atoms with E-state index < -0.39 is 0 Å². The molecule has 0 aliphatic carbocycles. The summed E-state index contributed by atoms with van der Waals surface area (Å²) < 4.78 is 6.56. The van der Waals surface area contributed by atoms with Crippen LogP contribution in [0.2, 0.25) is 0 Å². The lowest BCUT2D eigenvalue weighted by molar-refractivity contribution is 0.122. The highest BCUT2D eigenvalue weighted by molar-refractivity contribution is 7.22. The van der Waals surface area contributed by atoms with Gasteiger partial charge in [-0.15, -0.1) is 0 Å².